The van der Waals surface area contributed by atoms with Crippen LogP contribution >= 0.6 is 0 Å². The largest absolute Gasteiger partial charge is 1.00 e. The predicted molar refractivity (Wildman–Crippen MR) is 10.4 cm³/mol. The molecule has 0 aromatic rings. The molecule has 0 unspecified atom stereocenters. The molecule has 0 fully saturated rings. The van der Waals surface area contributed by atoms with Crippen LogP contribution in [0.2, 0.25) is 0 Å². The van der Waals surface area contributed by atoms with Crippen molar-refractivity contribution in [3.05, 3.63) is 0 Å². The molecule has 0 saturated carbocycles. The molecule has 27 valence electrons. The van der Waals surface area contributed by atoms with Gasteiger partial charge in [-0.3, -0.25) is 6.79 Å². The van der Waals surface area contributed by atoms with Crippen LogP contribution in [0.15, 0.2) is 0 Å². The van der Waals surface area contributed by atoms with E-state index in [1.807, 2.05) is 0 Å². The van der Waals surface area contributed by atoms with E-state index >= 15 is 0 Å². The molecule has 0 aromatic heterocycles. The Labute approximate surface area is 37.3 Å². The Kier molecular flexibility index (Phi) is 1840. The summed E-state index contributed by atoms with van der Waals surface area (Å²) in [4.78, 5) is 7.75. The molecule has 0 saturated heterocycles. The average molecular weight is 148 g/mol. The maximum absolute atomic E-state index is 7.75. The minimum atomic E-state index is 0. The number of hydrogen-bond donors (Lipinski definition) is 0. The van der Waals surface area contributed by atoms with Crippen LogP contribution in [0, 0.1) is 0 Å². The monoisotopic (exact) mass is 149 g/mol. The first-order valence-electron chi connectivity index (χ1n) is 0.236. The van der Waals surface area contributed by atoms with E-state index in [9.17, 15) is 0 Å². The molecule has 0 rings (SSSR count). The molecule has 0 aliphatic carbocycles. The third-order valence-electron chi connectivity index (χ3n) is 0. The maximum Gasteiger partial charge on any atom is 1.00 e. The Morgan fingerprint density at radius 1 is 1.25 bits per heavy atom. The van der Waals surface area contributed by atoms with Gasteiger partial charge in [-0.2, -0.15) is 0 Å². The van der Waals surface area contributed by atoms with E-state index in [4.69, 9.17) is 4.79 Å². The van der Waals surface area contributed by atoms with Gasteiger partial charge in [-0.1, -0.05) is 0 Å². The number of rotatable bonds is 0. The van der Waals surface area contributed by atoms with Crippen molar-refractivity contribution >= 4 is 6.79 Å². The SMILES string of the molecule is O.[CH-]=O.[Ru+]. The summed E-state index contributed by atoms with van der Waals surface area (Å²) in [6, 6.07) is 0. The molecule has 0 bridgehead atoms. The molecule has 3 heteroatoms. The van der Waals surface area contributed by atoms with E-state index in [2.05, 4.69) is 6.79 Å². The summed E-state index contributed by atoms with van der Waals surface area (Å²) in [5.41, 5.74) is 0. The van der Waals surface area contributed by atoms with Gasteiger partial charge < -0.3 is 10.3 Å². The normalized spacial score (nSPS) is 1.00. The third kappa shape index (κ3) is 55.1. The van der Waals surface area contributed by atoms with Crippen molar-refractivity contribution in [2.75, 3.05) is 0 Å². The van der Waals surface area contributed by atoms with Crippen molar-refractivity contribution in [2.45, 2.75) is 0 Å². The molecular weight excluding hydrogens is 145 g/mol. The van der Waals surface area contributed by atoms with Gasteiger partial charge in [0.2, 0.25) is 0 Å². The first-order valence-corrected chi connectivity index (χ1v) is 0.236. The zero-order chi connectivity index (χ0) is 2.00. The van der Waals surface area contributed by atoms with Crippen LogP contribution in [0.3, 0.4) is 0 Å². The fourth-order valence-electron chi connectivity index (χ4n) is 0. The minimum absolute atomic E-state index is 0. The fraction of sp³-hybridized carbons (Fsp3) is 0. The van der Waals surface area contributed by atoms with Crippen molar-refractivity contribution in [1.82, 2.24) is 0 Å². The molecule has 0 spiro atoms. The van der Waals surface area contributed by atoms with E-state index in [0.29, 0.717) is 0 Å². The second kappa shape index (κ2) is 257. The first kappa shape index (κ1) is 28.7. The second-order valence-electron chi connectivity index (χ2n) is 0. The van der Waals surface area contributed by atoms with E-state index in [1.54, 1.807) is 0 Å². The summed E-state index contributed by atoms with van der Waals surface area (Å²) in [6.07, 6.45) is 0. The summed E-state index contributed by atoms with van der Waals surface area (Å²) in [5, 5.41) is 0. The Hall–Kier alpha value is 0.253. The van der Waals surface area contributed by atoms with Gasteiger partial charge in [-0.25, -0.2) is 0 Å². The summed E-state index contributed by atoms with van der Waals surface area (Å²) in [6.45, 7) is 3.25. The molecule has 0 atom stereocenters. The third-order valence-corrected chi connectivity index (χ3v) is 0. The summed E-state index contributed by atoms with van der Waals surface area (Å²) >= 11 is 0. The summed E-state index contributed by atoms with van der Waals surface area (Å²) < 4.78 is 0. The van der Waals surface area contributed by atoms with Crippen molar-refractivity contribution in [3.63, 3.8) is 0 Å². The Morgan fingerprint density at radius 2 is 1.25 bits per heavy atom. The molecule has 2 N–H and O–H groups in total. The van der Waals surface area contributed by atoms with Crippen molar-refractivity contribution in [3.8, 4) is 0 Å². The Bertz CT molecular complexity index is 6.00. The van der Waals surface area contributed by atoms with Gasteiger partial charge in [0.15, 0.2) is 0 Å². The molecular formula is CH3O2Ru. The first-order chi connectivity index (χ1) is 1.00. The van der Waals surface area contributed by atoms with Gasteiger partial charge in [0.05, 0.1) is 0 Å². The van der Waals surface area contributed by atoms with Gasteiger partial charge in [0.1, 0.15) is 0 Å². The average Bonchev–Trinajstić information content (AvgIpc) is 1.00. The number of hydrogen-bond acceptors (Lipinski definition) is 1. The molecule has 1 radical (unpaired) electrons. The Balaban J connectivity index is -0.00000000500. The second-order valence-corrected chi connectivity index (χ2v) is 0. The summed E-state index contributed by atoms with van der Waals surface area (Å²) in [5.74, 6) is 0. The van der Waals surface area contributed by atoms with Gasteiger partial charge in [0, 0.05) is 0 Å². The van der Waals surface area contributed by atoms with Crippen LogP contribution in [0.25, 0.3) is 0 Å². The molecule has 0 amide bonds. The van der Waals surface area contributed by atoms with Crippen LogP contribution in [0.4, 0.5) is 0 Å². The van der Waals surface area contributed by atoms with Crippen molar-refractivity contribution < 1.29 is 29.7 Å². The van der Waals surface area contributed by atoms with Crippen LogP contribution in [0.5, 0.6) is 0 Å². The molecule has 4 heavy (non-hydrogen) atoms. The maximum atomic E-state index is 7.75. The molecule has 0 aliphatic rings. The molecule has 2 nitrogen and oxygen atoms in total. The van der Waals surface area contributed by atoms with Crippen molar-refractivity contribution in [1.29, 1.82) is 0 Å². The zero-order valence-electron chi connectivity index (χ0n) is 1.84. The molecule has 0 aromatic carbocycles. The van der Waals surface area contributed by atoms with Crippen molar-refractivity contribution in [2.24, 2.45) is 0 Å². The molecule has 0 aliphatic heterocycles. The standard InChI is InChI=1S/CHO.H2O.Ru/c1-2;;/h1H;1H2;/q-1;;+1. The van der Waals surface area contributed by atoms with Crippen LogP contribution in [-0.4, -0.2) is 12.3 Å². The van der Waals surface area contributed by atoms with Gasteiger partial charge in [-0.05, 0) is 0 Å². The fourth-order valence-corrected chi connectivity index (χ4v) is 0. The Morgan fingerprint density at radius 3 is 1.25 bits per heavy atom. The minimum Gasteiger partial charge on any atom is -0.545 e. The van der Waals surface area contributed by atoms with Gasteiger partial charge >= 0.3 is 19.5 Å². The molecule has 0 heterocycles. The zero-order valence-corrected chi connectivity index (χ0v) is 3.58. The van der Waals surface area contributed by atoms with Gasteiger partial charge in [-0.15, -0.1) is 0 Å². The van der Waals surface area contributed by atoms with E-state index in [-0.39, 0.29) is 25.0 Å². The predicted octanol–water partition coefficient (Wildman–Crippen LogP) is -1.10. The van der Waals surface area contributed by atoms with Crippen LogP contribution < -0.4 is 0 Å². The van der Waals surface area contributed by atoms with Gasteiger partial charge in [0.25, 0.3) is 0 Å². The topological polar surface area (TPSA) is 48.6 Å². The van der Waals surface area contributed by atoms with E-state index in [0.717, 1.165) is 0 Å². The quantitative estimate of drug-likeness (QED) is 0.244. The van der Waals surface area contributed by atoms with E-state index < -0.39 is 0 Å². The number of carbonyl (C=O) groups excluding carboxylic acids is 1. The van der Waals surface area contributed by atoms with Crippen LogP contribution in [-0.2, 0) is 24.3 Å². The smallest absolute Gasteiger partial charge is 0.545 e. The van der Waals surface area contributed by atoms with Crippen LogP contribution in [0.1, 0.15) is 0 Å². The summed E-state index contributed by atoms with van der Waals surface area (Å²) in [7, 11) is 0. The van der Waals surface area contributed by atoms with E-state index in [1.165, 1.54) is 0 Å².